The van der Waals surface area contributed by atoms with Crippen LogP contribution in [0.15, 0.2) is 77.9 Å². The van der Waals surface area contributed by atoms with Gasteiger partial charge in [0.05, 0.1) is 24.1 Å². The Balaban J connectivity index is 1.84. The van der Waals surface area contributed by atoms with Gasteiger partial charge in [0.1, 0.15) is 11.6 Å². The first-order valence-corrected chi connectivity index (χ1v) is 10.1. The first-order chi connectivity index (χ1) is 15.3. The molecule has 0 aliphatic rings. The van der Waals surface area contributed by atoms with Crippen molar-refractivity contribution in [3.63, 3.8) is 0 Å². The number of nitrogens with zero attached hydrogens (tertiary/aromatic N) is 2. The van der Waals surface area contributed by atoms with Gasteiger partial charge in [-0.2, -0.15) is 5.10 Å². The molecule has 0 spiro atoms. The smallest absolute Gasteiger partial charge is 0.256 e. The number of benzene rings is 2. The molecule has 3 aromatic rings. The van der Waals surface area contributed by atoms with E-state index in [0.29, 0.717) is 33.5 Å². The molecule has 0 unspecified atom stereocenters. The van der Waals surface area contributed by atoms with Gasteiger partial charge in [-0.3, -0.25) is 14.3 Å². The molecule has 0 aliphatic carbocycles. The maximum atomic E-state index is 12.5. The Kier molecular flexibility index (Phi) is 7.12. The number of rotatable bonds is 7. The first kappa shape index (κ1) is 22.8. The molecule has 0 bridgehead atoms. The molecule has 3 rings (SSSR count). The number of halogens is 1. The fourth-order valence-corrected chi connectivity index (χ4v) is 3.20. The van der Waals surface area contributed by atoms with Gasteiger partial charge in [-0.05, 0) is 31.2 Å². The Bertz CT molecular complexity index is 1200. The highest BCUT2D eigenvalue weighted by Crippen LogP contribution is 2.32. The average Bonchev–Trinajstić information content (AvgIpc) is 3.14. The summed E-state index contributed by atoms with van der Waals surface area (Å²) in [6.45, 7) is 5.24. The molecular weight excluding hydrogens is 428 g/mol. The van der Waals surface area contributed by atoms with Gasteiger partial charge in [-0.1, -0.05) is 48.5 Å². The van der Waals surface area contributed by atoms with Crippen LogP contribution in [0.5, 0.6) is 5.75 Å². The Morgan fingerprint density at radius 2 is 1.84 bits per heavy atom. The number of nitrogens with one attached hydrogen (secondary N) is 2. The number of carbonyl (C=O) groups excluding carboxylic acids is 2. The van der Waals surface area contributed by atoms with Crippen molar-refractivity contribution in [3.05, 3.63) is 83.4 Å². The summed E-state index contributed by atoms with van der Waals surface area (Å²) in [6.07, 6.45) is 1.40. The van der Waals surface area contributed by atoms with Crippen molar-refractivity contribution in [2.24, 2.45) is 7.05 Å². The van der Waals surface area contributed by atoms with Crippen LogP contribution >= 0.6 is 11.6 Å². The van der Waals surface area contributed by atoms with Crippen molar-refractivity contribution >= 4 is 34.9 Å². The third-order valence-corrected chi connectivity index (χ3v) is 4.93. The average molecular weight is 451 g/mol. The van der Waals surface area contributed by atoms with Gasteiger partial charge in [0.2, 0.25) is 0 Å². The first-order valence-electron chi connectivity index (χ1n) is 9.73. The summed E-state index contributed by atoms with van der Waals surface area (Å²) in [6, 6.07) is 16.0. The number of methoxy groups -OCH3 is 1. The number of hydrogen-bond donors (Lipinski definition) is 2. The predicted octanol–water partition coefficient (Wildman–Crippen LogP) is 4.99. The Hall–Kier alpha value is -3.84. The van der Waals surface area contributed by atoms with Crippen LogP contribution in [-0.4, -0.2) is 28.7 Å². The number of amides is 2. The lowest BCUT2D eigenvalue weighted by molar-refractivity contribution is -0.112. The van der Waals surface area contributed by atoms with Gasteiger partial charge >= 0.3 is 0 Å². The van der Waals surface area contributed by atoms with Crippen LogP contribution in [0.4, 0.5) is 11.5 Å². The van der Waals surface area contributed by atoms with Gasteiger partial charge in [0.15, 0.2) is 0 Å². The second-order valence-electron chi connectivity index (χ2n) is 6.88. The van der Waals surface area contributed by atoms with Crippen LogP contribution in [-0.2, 0) is 11.8 Å². The molecule has 164 valence electrons. The van der Waals surface area contributed by atoms with Gasteiger partial charge in [-0.25, -0.2) is 0 Å². The van der Waals surface area contributed by atoms with E-state index in [1.807, 2.05) is 6.07 Å². The summed E-state index contributed by atoms with van der Waals surface area (Å²) < 4.78 is 7.03. The molecule has 1 heterocycles. The van der Waals surface area contributed by atoms with Crippen LogP contribution in [0.2, 0.25) is 0 Å². The van der Waals surface area contributed by atoms with Gasteiger partial charge in [0, 0.05) is 29.3 Å². The fourth-order valence-electron chi connectivity index (χ4n) is 3.04. The number of allylic oxidation sites excluding steroid dienone is 1. The van der Waals surface area contributed by atoms with E-state index in [4.69, 9.17) is 16.3 Å². The fraction of sp³-hybridized carbons (Fsp3) is 0.125. The number of anilines is 2. The van der Waals surface area contributed by atoms with E-state index in [9.17, 15) is 9.59 Å². The van der Waals surface area contributed by atoms with Crippen molar-refractivity contribution in [1.82, 2.24) is 9.78 Å². The molecule has 2 N–H and O–H groups in total. The largest absolute Gasteiger partial charge is 0.495 e. The van der Waals surface area contributed by atoms with Gasteiger partial charge < -0.3 is 15.4 Å². The highest BCUT2D eigenvalue weighted by molar-refractivity contribution is 6.32. The molecule has 0 radical (unpaired) electrons. The minimum Gasteiger partial charge on any atom is -0.495 e. The van der Waals surface area contributed by atoms with Crippen LogP contribution in [0, 0.1) is 0 Å². The van der Waals surface area contributed by atoms with E-state index < -0.39 is 0 Å². The van der Waals surface area contributed by atoms with Gasteiger partial charge in [0.25, 0.3) is 11.8 Å². The van der Waals surface area contributed by atoms with E-state index in [2.05, 4.69) is 22.3 Å². The van der Waals surface area contributed by atoms with Crippen LogP contribution in [0.1, 0.15) is 17.3 Å². The molecular formula is C24H23ClN4O3. The van der Waals surface area contributed by atoms with Crippen LogP contribution in [0.25, 0.3) is 11.3 Å². The normalized spacial score (nSPS) is 11.4. The standard InChI is InChI=1S/C24H23ClN4O3/c1-5-18(15(2)25)24(31)26-19-12-11-17(13-21(19)32-4)20-14-22(29(3)28-20)27-23(30)16-9-7-6-8-10-16/h5-14H,1H2,2-4H3,(H,26,31)(H,27,30)/b18-15-. The van der Waals surface area contributed by atoms with Crippen molar-refractivity contribution in [3.8, 4) is 17.0 Å². The van der Waals surface area contributed by atoms with Crippen molar-refractivity contribution in [1.29, 1.82) is 0 Å². The molecule has 2 aromatic carbocycles. The second kappa shape index (κ2) is 9.98. The predicted molar refractivity (Wildman–Crippen MR) is 127 cm³/mol. The molecule has 0 aliphatic heterocycles. The number of ether oxygens (including phenoxy) is 1. The maximum absolute atomic E-state index is 12.5. The van der Waals surface area contributed by atoms with Crippen LogP contribution < -0.4 is 15.4 Å². The summed E-state index contributed by atoms with van der Waals surface area (Å²) in [7, 11) is 3.25. The third kappa shape index (κ3) is 5.07. The van der Waals surface area contributed by atoms with Crippen molar-refractivity contribution in [2.75, 3.05) is 17.7 Å². The lowest BCUT2D eigenvalue weighted by Gasteiger charge is -2.12. The van der Waals surface area contributed by atoms with Gasteiger partial charge in [-0.15, -0.1) is 0 Å². The molecule has 7 nitrogen and oxygen atoms in total. The summed E-state index contributed by atoms with van der Waals surface area (Å²) in [5.74, 6) is 0.384. The zero-order valence-electron chi connectivity index (χ0n) is 18.0. The van der Waals surface area contributed by atoms with E-state index in [-0.39, 0.29) is 17.4 Å². The second-order valence-corrected chi connectivity index (χ2v) is 7.45. The molecule has 1 aromatic heterocycles. The molecule has 0 saturated carbocycles. The van der Waals surface area contributed by atoms with E-state index in [1.54, 1.807) is 67.2 Å². The third-order valence-electron chi connectivity index (χ3n) is 4.72. The van der Waals surface area contributed by atoms with Crippen LogP contribution in [0.3, 0.4) is 0 Å². The molecule has 0 saturated heterocycles. The topological polar surface area (TPSA) is 85.3 Å². The summed E-state index contributed by atoms with van der Waals surface area (Å²) in [5, 5.41) is 10.5. The van der Waals surface area contributed by atoms with Crippen molar-refractivity contribution in [2.45, 2.75) is 6.92 Å². The lowest BCUT2D eigenvalue weighted by atomic mass is 10.1. The van der Waals surface area contributed by atoms with E-state index >= 15 is 0 Å². The number of aromatic nitrogens is 2. The minimum atomic E-state index is -0.387. The highest BCUT2D eigenvalue weighted by atomic mass is 35.5. The van der Waals surface area contributed by atoms with E-state index in [0.717, 1.165) is 5.56 Å². The Morgan fingerprint density at radius 1 is 1.12 bits per heavy atom. The zero-order valence-corrected chi connectivity index (χ0v) is 18.7. The molecule has 0 atom stereocenters. The summed E-state index contributed by atoms with van der Waals surface area (Å²) in [5.41, 5.74) is 2.70. The SMILES string of the molecule is C=C/C(C(=O)Nc1ccc(-c2cc(NC(=O)c3ccccc3)n(C)n2)cc1OC)=C(\C)Cl. The lowest BCUT2D eigenvalue weighted by Crippen LogP contribution is -2.14. The van der Waals surface area contributed by atoms with E-state index in [1.165, 1.54) is 13.2 Å². The molecule has 0 fully saturated rings. The Morgan fingerprint density at radius 3 is 2.47 bits per heavy atom. The summed E-state index contributed by atoms with van der Waals surface area (Å²) >= 11 is 5.95. The summed E-state index contributed by atoms with van der Waals surface area (Å²) in [4.78, 5) is 24.9. The Labute approximate surface area is 191 Å². The minimum absolute atomic E-state index is 0.226. The molecule has 8 heteroatoms. The number of hydrogen-bond acceptors (Lipinski definition) is 4. The zero-order chi connectivity index (χ0) is 23.3. The number of aryl methyl sites for hydroxylation is 1. The molecule has 32 heavy (non-hydrogen) atoms. The number of carbonyl (C=O) groups is 2. The quantitative estimate of drug-likeness (QED) is 0.392. The van der Waals surface area contributed by atoms with Crippen molar-refractivity contribution < 1.29 is 14.3 Å². The monoisotopic (exact) mass is 450 g/mol. The molecule has 2 amide bonds. The highest BCUT2D eigenvalue weighted by Gasteiger charge is 2.16. The maximum Gasteiger partial charge on any atom is 0.256 e.